The number of hydrogen-bond acceptors (Lipinski definition) is 7. The number of anilines is 2. The molecule has 1 heterocycles. The highest BCUT2D eigenvalue weighted by Crippen LogP contribution is 2.28. The third kappa shape index (κ3) is 4.55. The number of nitrogens with zero attached hydrogens (tertiary/aromatic N) is 3. The summed E-state index contributed by atoms with van der Waals surface area (Å²) in [4.78, 5) is 30.3. The van der Waals surface area contributed by atoms with Gasteiger partial charge in [-0.2, -0.15) is 0 Å². The van der Waals surface area contributed by atoms with Gasteiger partial charge in [-0.15, -0.1) is 6.58 Å². The van der Waals surface area contributed by atoms with Gasteiger partial charge in [-0.1, -0.05) is 29.3 Å². The van der Waals surface area contributed by atoms with Crippen molar-refractivity contribution >= 4 is 46.4 Å². The number of rotatable bonds is 7. The Bertz CT molecular complexity index is 830. The Morgan fingerprint density at radius 3 is 2.68 bits per heavy atom. The van der Waals surface area contributed by atoms with Crippen LogP contribution in [0.25, 0.3) is 0 Å². The van der Waals surface area contributed by atoms with Crippen LogP contribution in [-0.2, 0) is 0 Å². The van der Waals surface area contributed by atoms with E-state index >= 15 is 0 Å². The predicted octanol–water partition coefficient (Wildman–Crippen LogP) is 3.05. The Labute approximate surface area is 152 Å². The van der Waals surface area contributed by atoms with Crippen LogP contribution in [0.1, 0.15) is 10.4 Å². The van der Waals surface area contributed by atoms with Crippen LogP contribution in [0.15, 0.2) is 37.2 Å². The molecule has 0 saturated carbocycles. The fourth-order valence-electron chi connectivity index (χ4n) is 1.80. The van der Waals surface area contributed by atoms with Crippen molar-refractivity contribution in [3.05, 3.63) is 62.9 Å². The third-order valence-electron chi connectivity index (χ3n) is 2.89. The van der Waals surface area contributed by atoms with Gasteiger partial charge in [0.1, 0.15) is 6.33 Å². The van der Waals surface area contributed by atoms with E-state index in [9.17, 15) is 14.9 Å². The average molecular weight is 383 g/mol. The molecule has 0 aliphatic heterocycles. The number of amides is 1. The second-order valence-electron chi connectivity index (χ2n) is 4.55. The average Bonchev–Trinajstić information content (AvgIpc) is 2.57. The van der Waals surface area contributed by atoms with E-state index in [-0.39, 0.29) is 28.8 Å². The van der Waals surface area contributed by atoms with Crippen LogP contribution in [0.4, 0.5) is 17.3 Å². The zero-order chi connectivity index (χ0) is 18.4. The molecule has 0 spiro atoms. The fourth-order valence-corrected chi connectivity index (χ4v) is 2.29. The summed E-state index contributed by atoms with van der Waals surface area (Å²) in [6, 6.07) is 4.32. The van der Waals surface area contributed by atoms with Crippen molar-refractivity contribution in [3.8, 4) is 0 Å². The molecule has 2 aromatic rings. The molecule has 1 aromatic carbocycles. The van der Waals surface area contributed by atoms with E-state index in [1.807, 2.05) is 0 Å². The summed E-state index contributed by atoms with van der Waals surface area (Å²) < 4.78 is 0. The zero-order valence-corrected chi connectivity index (χ0v) is 14.1. The van der Waals surface area contributed by atoms with E-state index in [0.29, 0.717) is 5.02 Å². The zero-order valence-electron chi connectivity index (χ0n) is 12.6. The maximum Gasteiger partial charge on any atom is 0.354 e. The second kappa shape index (κ2) is 8.27. The lowest BCUT2D eigenvalue weighted by atomic mass is 10.2. The van der Waals surface area contributed by atoms with Gasteiger partial charge in [0.05, 0.1) is 15.5 Å². The first-order chi connectivity index (χ1) is 11.9. The van der Waals surface area contributed by atoms with E-state index in [1.165, 1.54) is 24.3 Å². The van der Waals surface area contributed by atoms with Crippen LogP contribution >= 0.6 is 23.2 Å². The molecular formula is C14H12Cl2N6O3. The standard InChI is InChI=1S/C14H12Cl2N6O3/c1-2-5-17-12-11(22(24)25)13(19-7-18-12)20-21-14(23)9-4-3-8(15)6-10(9)16/h2-4,6-7H,1,5H2,(H,21,23)(H2,17,18,19,20). The minimum Gasteiger partial charge on any atom is -0.361 e. The smallest absolute Gasteiger partial charge is 0.354 e. The van der Waals surface area contributed by atoms with Crippen molar-refractivity contribution in [3.63, 3.8) is 0 Å². The van der Waals surface area contributed by atoms with Crippen LogP contribution < -0.4 is 16.2 Å². The molecule has 2 rings (SSSR count). The summed E-state index contributed by atoms with van der Waals surface area (Å²) in [7, 11) is 0. The number of nitro groups is 1. The summed E-state index contributed by atoms with van der Waals surface area (Å²) in [5.41, 5.74) is 4.41. The number of benzene rings is 1. The minimum atomic E-state index is -0.671. The molecule has 0 fully saturated rings. The minimum absolute atomic E-state index is 0.0128. The molecule has 0 saturated heterocycles. The van der Waals surface area contributed by atoms with Gasteiger partial charge in [-0.3, -0.25) is 25.8 Å². The highest BCUT2D eigenvalue weighted by atomic mass is 35.5. The monoisotopic (exact) mass is 382 g/mol. The first kappa shape index (κ1) is 18.4. The molecule has 0 radical (unpaired) electrons. The van der Waals surface area contributed by atoms with Gasteiger partial charge in [0.15, 0.2) is 0 Å². The van der Waals surface area contributed by atoms with Crippen molar-refractivity contribution < 1.29 is 9.72 Å². The Hall–Kier alpha value is -2.91. The fraction of sp³-hybridized carbons (Fsp3) is 0.0714. The molecule has 0 unspecified atom stereocenters. The summed E-state index contributed by atoms with van der Waals surface area (Å²) in [6.07, 6.45) is 2.63. The largest absolute Gasteiger partial charge is 0.361 e. The van der Waals surface area contributed by atoms with E-state index in [1.54, 1.807) is 0 Å². The van der Waals surface area contributed by atoms with Crippen molar-refractivity contribution in [1.82, 2.24) is 15.4 Å². The molecule has 0 aliphatic rings. The van der Waals surface area contributed by atoms with Gasteiger partial charge >= 0.3 is 5.69 Å². The lowest BCUT2D eigenvalue weighted by molar-refractivity contribution is -0.383. The molecular weight excluding hydrogens is 371 g/mol. The molecule has 3 N–H and O–H groups in total. The Morgan fingerprint density at radius 2 is 2.04 bits per heavy atom. The lowest BCUT2D eigenvalue weighted by Gasteiger charge is -2.11. The van der Waals surface area contributed by atoms with Crippen LogP contribution in [0.2, 0.25) is 10.0 Å². The maximum atomic E-state index is 12.1. The van der Waals surface area contributed by atoms with E-state index in [4.69, 9.17) is 23.2 Å². The molecule has 1 amide bonds. The van der Waals surface area contributed by atoms with Gasteiger partial charge in [0.25, 0.3) is 5.91 Å². The first-order valence-corrected chi connectivity index (χ1v) is 7.55. The van der Waals surface area contributed by atoms with E-state index in [0.717, 1.165) is 6.33 Å². The molecule has 0 bridgehead atoms. The summed E-state index contributed by atoms with van der Waals surface area (Å²) >= 11 is 11.7. The quantitative estimate of drug-likeness (QED) is 0.382. The number of halogens is 2. The van der Waals surface area contributed by atoms with Crippen molar-refractivity contribution in [2.45, 2.75) is 0 Å². The number of carbonyl (C=O) groups excluding carboxylic acids is 1. The maximum absolute atomic E-state index is 12.1. The first-order valence-electron chi connectivity index (χ1n) is 6.79. The Balaban J connectivity index is 2.20. The van der Waals surface area contributed by atoms with Crippen LogP contribution in [0, 0.1) is 10.1 Å². The van der Waals surface area contributed by atoms with Crippen molar-refractivity contribution in [2.24, 2.45) is 0 Å². The highest BCUT2D eigenvalue weighted by Gasteiger charge is 2.23. The number of carbonyl (C=O) groups is 1. The topological polar surface area (TPSA) is 122 Å². The van der Waals surface area contributed by atoms with Gasteiger partial charge in [-0.05, 0) is 18.2 Å². The van der Waals surface area contributed by atoms with Crippen molar-refractivity contribution in [2.75, 3.05) is 17.3 Å². The summed E-state index contributed by atoms with van der Waals surface area (Å²) in [5.74, 6) is -0.818. The van der Waals surface area contributed by atoms with Crippen LogP contribution in [0.3, 0.4) is 0 Å². The molecule has 11 heteroatoms. The summed E-state index contributed by atoms with van der Waals surface area (Å²) in [5, 5.41) is 14.5. The van der Waals surface area contributed by atoms with Gasteiger partial charge in [0.2, 0.25) is 11.6 Å². The molecule has 130 valence electrons. The molecule has 0 aliphatic carbocycles. The predicted molar refractivity (Wildman–Crippen MR) is 94.9 cm³/mol. The van der Waals surface area contributed by atoms with Crippen molar-refractivity contribution in [1.29, 1.82) is 0 Å². The van der Waals surface area contributed by atoms with Gasteiger partial charge < -0.3 is 5.32 Å². The number of nitrogens with one attached hydrogen (secondary N) is 3. The SMILES string of the molecule is C=CCNc1ncnc(NNC(=O)c2ccc(Cl)cc2Cl)c1[N+](=O)[O-]. The third-order valence-corrected chi connectivity index (χ3v) is 3.44. The van der Waals surface area contributed by atoms with Crippen LogP contribution in [-0.4, -0.2) is 27.3 Å². The van der Waals surface area contributed by atoms with E-state index in [2.05, 4.69) is 32.7 Å². The molecule has 0 atom stereocenters. The van der Waals surface area contributed by atoms with E-state index < -0.39 is 16.5 Å². The number of hydrogen-bond donors (Lipinski definition) is 3. The van der Waals surface area contributed by atoms with Crippen LogP contribution in [0.5, 0.6) is 0 Å². The van der Waals surface area contributed by atoms with Gasteiger partial charge in [-0.25, -0.2) is 9.97 Å². The summed E-state index contributed by atoms with van der Waals surface area (Å²) in [6.45, 7) is 3.78. The number of hydrazine groups is 1. The highest BCUT2D eigenvalue weighted by molar-refractivity contribution is 6.36. The molecule has 25 heavy (non-hydrogen) atoms. The number of aromatic nitrogens is 2. The Morgan fingerprint density at radius 1 is 1.32 bits per heavy atom. The lowest BCUT2D eigenvalue weighted by Crippen LogP contribution is -2.30. The molecule has 9 nitrogen and oxygen atoms in total. The normalized spacial score (nSPS) is 10.0. The molecule has 1 aromatic heterocycles. The Kier molecular flexibility index (Phi) is 6.09. The van der Waals surface area contributed by atoms with Gasteiger partial charge in [0, 0.05) is 11.6 Å². The second-order valence-corrected chi connectivity index (χ2v) is 5.39.